The predicted molar refractivity (Wildman–Crippen MR) is 102 cm³/mol. The fraction of sp³-hybridized carbons (Fsp3) is 0.579. The van der Waals surface area contributed by atoms with E-state index in [4.69, 9.17) is 4.74 Å². The zero-order valence-corrected chi connectivity index (χ0v) is 16.9. The van der Waals surface area contributed by atoms with Crippen molar-refractivity contribution in [1.29, 1.82) is 0 Å². The van der Waals surface area contributed by atoms with E-state index in [0.717, 1.165) is 30.4 Å². The van der Waals surface area contributed by atoms with Crippen LogP contribution in [0.3, 0.4) is 0 Å². The molecule has 1 fully saturated rings. The van der Waals surface area contributed by atoms with Gasteiger partial charge in [0.15, 0.2) is 6.61 Å². The largest absolute Gasteiger partial charge is 0.455 e. The molecule has 2 rings (SSSR count). The molecule has 0 aromatic heterocycles. The number of carbonyl (C=O) groups excluding carboxylic acids is 2. The standard InChI is InChI=1S/C19H28N2O5S/c1-13-8-9-16(10-15(13)3)27(24,25)20-11-19(23)26-12-18(22)21-17-7-5-4-6-14(17)2/h8-10,14,17,20H,4-7,11-12H2,1-3H3,(H,21,22)/t14-,17+/m1/s1. The summed E-state index contributed by atoms with van der Waals surface area (Å²) < 4.78 is 31.6. The maximum atomic E-state index is 12.2. The number of amides is 1. The lowest BCUT2D eigenvalue weighted by Crippen LogP contribution is -2.43. The van der Waals surface area contributed by atoms with Gasteiger partial charge in [0.05, 0.1) is 4.90 Å². The third kappa shape index (κ3) is 6.32. The van der Waals surface area contributed by atoms with Gasteiger partial charge in [-0.15, -0.1) is 0 Å². The van der Waals surface area contributed by atoms with Crippen molar-refractivity contribution in [3.05, 3.63) is 29.3 Å². The van der Waals surface area contributed by atoms with Crippen molar-refractivity contribution in [2.75, 3.05) is 13.2 Å². The van der Waals surface area contributed by atoms with Crippen LogP contribution in [0, 0.1) is 19.8 Å². The summed E-state index contributed by atoms with van der Waals surface area (Å²) in [6.07, 6.45) is 4.25. The van der Waals surface area contributed by atoms with Gasteiger partial charge in [-0.1, -0.05) is 25.8 Å². The molecule has 0 bridgehead atoms. The first-order valence-electron chi connectivity index (χ1n) is 9.21. The summed E-state index contributed by atoms with van der Waals surface area (Å²) in [5, 5.41) is 2.88. The highest BCUT2D eigenvalue weighted by Crippen LogP contribution is 2.23. The Hall–Kier alpha value is -1.93. The van der Waals surface area contributed by atoms with Crippen LogP contribution in [-0.4, -0.2) is 39.5 Å². The van der Waals surface area contributed by atoms with Crippen LogP contribution >= 0.6 is 0 Å². The summed E-state index contributed by atoms with van der Waals surface area (Å²) in [5.41, 5.74) is 1.82. The van der Waals surface area contributed by atoms with E-state index >= 15 is 0 Å². The Morgan fingerprint density at radius 1 is 1.15 bits per heavy atom. The number of rotatable bonds is 7. The third-order valence-corrected chi connectivity index (χ3v) is 6.42. The molecule has 0 radical (unpaired) electrons. The molecular formula is C19H28N2O5S. The van der Waals surface area contributed by atoms with E-state index < -0.39 is 29.1 Å². The summed E-state index contributed by atoms with van der Waals surface area (Å²) in [7, 11) is -3.81. The summed E-state index contributed by atoms with van der Waals surface area (Å²) in [6.45, 7) is 4.86. The van der Waals surface area contributed by atoms with Crippen molar-refractivity contribution in [3.63, 3.8) is 0 Å². The second-order valence-corrected chi connectivity index (χ2v) is 8.93. The Bertz CT molecular complexity index is 791. The van der Waals surface area contributed by atoms with E-state index in [1.165, 1.54) is 12.5 Å². The fourth-order valence-electron chi connectivity index (χ4n) is 3.09. The molecule has 2 atom stereocenters. The maximum absolute atomic E-state index is 12.2. The molecule has 1 aromatic rings. The van der Waals surface area contributed by atoms with E-state index in [1.807, 2.05) is 13.8 Å². The topological polar surface area (TPSA) is 102 Å². The van der Waals surface area contributed by atoms with E-state index in [1.54, 1.807) is 12.1 Å². The Labute approximate surface area is 160 Å². The van der Waals surface area contributed by atoms with Gasteiger partial charge in [-0.25, -0.2) is 8.42 Å². The number of hydrogen-bond donors (Lipinski definition) is 2. The van der Waals surface area contributed by atoms with E-state index in [2.05, 4.69) is 17.0 Å². The zero-order valence-electron chi connectivity index (χ0n) is 16.1. The van der Waals surface area contributed by atoms with Crippen molar-refractivity contribution < 1.29 is 22.7 Å². The van der Waals surface area contributed by atoms with Crippen LogP contribution in [0.15, 0.2) is 23.1 Å². The van der Waals surface area contributed by atoms with Crippen LogP contribution in [-0.2, 0) is 24.3 Å². The minimum Gasteiger partial charge on any atom is -0.455 e. The summed E-state index contributed by atoms with van der Waals surface area (Å²) in [4.78, 5) is 23.8. The Morgan fingerprint density at radius 3 is 2.52 bits per heavy atom. The van der Waals surface area contributed by atoms with E-state index in [9.17, 15) is 18.0 Å². The Morgan fingerprint density at radius 2 is 1.85 bits per heavy atom. The van der Waals surface area contributed by atoms with Gasteiger partial charge in [-0.05, 0) is 55.9 Å². The number of nitrogens with one attached hydrogen (secondary N) is 2. The molecule has 0 aliphatic heterocycles. The van der Waals surface area contributed by atoms with Gasteiger partial charge in [0.2, 0.25) is 10.0 Å². The van der Waals surface area contributed by atoms with Crippen molar-refractivity contribution in [1.82, 2.24) is 10.0 Å². The van der Waals surface area contributed by atoms with Crippen molar-refractivity contribution in [2.45, 2.75) is 57.4 Å². The van der Waals surface area contributed by atoms with Crippen LogP contribution in [0.5, 0.6) is 0 Å². The number of esters is 1. The molecular weight excluding hydrogens is 368 g/mol. The molecule has 150 valence electrons. The van der Waals surface area contributed by atoms with Crippen LogP contribution in [0.1, 0.15) is 43.7 Å². The molecule has 0 heterocycles. The van der Waals surface area contributed by atoms with E-state index in [-0.39, 0.29) is 16.8 Å². The van der Waals surface area contributed by atoms with Gasteiger partial charge in [0, 0.05) is 6.04 Å². The van der Waals surface area contributed by atoms with Crippen molar-refractivity contribution >= 4 is 21.9 Å². The highest BCUT2D eigenvalue weighted by Gasteiger charge is 2.23. The van der Waals surface area contributed by atoms with Crippen LogP contribution in [0.2, 0.25) is 0 Å². The molecule has 27 heavy (non-hydrogen) atoms. The normalized spacial score (nSPS) is 20.1. The van der Waals surface area contributed by atoms with Gasteiger partial charge < -0.3 is 10.1 Å². The number of ether oxygens (including phenoxy) is 1. The number of carbonyl (C=O) groups is 2. The minimum absolute atomic E-state index is 0.0856. The minimum atomic E-state index is -3.81. The van der Waals surface area contributed by atoms with Gasteiger partial charge in [-0.2, -0.15) is 4.72 Å². The van der Waals surface area contributed by atoms with Crippen molar-refractivity contribution in [2.24, 2.45) is 5.92 Å². The highest BCUT2D eigenvalue weighted by molar-refractivity contribution is 7.89. The monoisotopic (exact) mass is 396 g/mol. The van der Waals surface area contributed by atoms with Gasteiger partial charge in [0.1, 0.15) is 6.54 Å². The van der Waals surface area contributed by atoms with Crippen molar-refractivity contribution in [3.8, 4) is 0 Å². The number of hydrogen-bond acceptors (Lipinski definition) is 5. The smallest absolute Gasteiger partial charge is 0.321 e. The fourth-order valence-corrected chi connectivity index (χ4v) is 4.15. The predicted octanol–water partition coefficient (Wildman–Crippen LogP) is 1.82. The average molecular weight is 397 g/mol. The Balaban J connectivity index is 1.78. The van der Waals surface area contributed by atoms with Gasteiger partial charge in [-0.3, -0.25) is 9.59 Å². The molecule has 1 aliphatic rings. The van der Waals surface area contributed by atoms with Crippen LogP contribution in [0.4, 0.5) is 0 Å². The molecule has 2 N–H and O–H groups in total. The molecule has 1 aliphatic carbocycles. The number of sulfonamides is 1. The lowest BCUT2D eigenvalue weighted by atomic mass is 9.86. The highest BCUT2D eigenvalue weighted by atomic mass is 32.2. The molecule has 1 amide bonds. The van der Waals surface area contributed by atoms with Gasteiger partial charge >= 0.3 is 5.97 Å². The lowest BCUT2D eigenvalue weighted by Gasteiger charge is -2.29. The first kappa shape index (κ1) is 21.4. The quantitative estimate of drug-likeness (QED) is 0.685. The van der Waals surface area contributed by atoms with Crippen LogP contribution in [0.25, 0.3) is 0 Å². The lowest BCUT2D eigenvalue weighted by molar-refractivity contribution is -0.147. The molecule has 0 spiro atoms. The average Bonchev–Trinajstić information content (AvgIpc) is 2.62. The molecule has 1 saturated carbocycles. The summed E-state index contributed by atoms with van der Waals surface area (Å²) in [6, 6.07) is 4.84. The number of aryl methyl sites for hydroxylation is 2. The molecule has 0 saturated heterocycles. The SMILES string of the molecule is Cc1ccc(S(=O)(=O)NCC(=O)OCC(=O)N[C@H]2CCCC[C@H]2C)cc1C. The van der Waals surface area contributed by atoms with Crippen LogP contribution < -0.4 is 10.0 Å². The molecule has 1 aromatic carbocycles. The zero-order chi connectivity index (χ0) is 20.0. The first-order valence-corrected chi connectivity index (χ1v) is 10.7. The second kappa shape index (κ2) is 9.32. The third-order valence-electron chi connectivity index (χ3n) is 5.02. The summed E-state index contributed by atoms with van der Waals surface area (Å²) in [5.74, 6) is -0.753. The van der Waals surface area contributed by atoms with Gasteiger partial charge in [0.25, 0.3) is 5.91 Å². The second-order valence-electron chi connectivity index (χ2n) is 7.17. The molecule has 0 unspecified atom stereocenters. The molecule has 8 heteroatoms. The summed E-state index contributed by atoms with van der Waals surface area (Å²) >= 11 is 0. The Kier molecular flexibility index (Phi) is 7.38. The number of benzene rings is 1. The first-order chi connectivity index (χ1) is 12.7. The maximum Gasteiger partial charge on any atom is 0.321 e. The van der Waals surface area contributed by atoms with E-state index in [0.29, 0.717) is 5.92 Å². The molecule has 7 nitrogen and oxygen atoms in total.